The maximum Gasteiger partial charge on any atom is 0.145 e. The predicted molar refractivity (Wildman–Crippen MR) is 61.4 cm³/mol. The molecule has 0 atom stereocenters. The topological polar surface area (TPSA) is 84.2 Å². The molecule has 0 amide bonds. The van der Waals surface area contributed by atoms with E-state index in [0.717, 1.165) is 5.56 Å². The molecule has 16 heavy (non-hydrogen) atoms. The van der Waals surface area contributed by atoms with Gasteiger partial charge in [0.2, 0.25) is 0 Å². The summed E-state index contributed by atoms with van der Waals surface area (Å²) in [4.78, 5) is 0. The number of aryl methyl sites for hydroxylation is 1. The van der Waals surface area contributed by atoms with Crippen molar-refractivity contribution in [2.24, 2.45) is 0 Å². The maximum absolute atomic E-state index is 10.0. The minimum absolute atomic E-state index is 0.169. The highest BCUT2D eigenvalue weighted by atomic mass is 16.5. The Morgan fingerprint density at radius 3 is 2.75 bits per heavy atom. The van der Waals surface area contributed by atoms with E-state index in [9.17, 15) is 5.11 Å². The molecule has 0 bridgehead atoms. The third kappa shape index (κ3) is 1.56. The average Bonchev–Trinajstić information content (AvgIpc) is 2.68. The van der Waals surface area contributed by atoms with Crippen LogP contribution >= 0.6 is 0 Å². The van der Waals surface area contributed by atoms with Crippen molar-refractivity contribution in [2.75, 3.05) is 12.8 Å². The van der Waals surface area contributed by atoms with Gasteiger partial charge in [-0.25, -0.2) is 0 Å². The number of nitrogens with zero attached hydrogens (tertiary/aromatic N) is 1. The smallest absolute Gasteiger partial charge is 0.145 e. The molecule has 0 saturated heterocycles. The maximum atomic E-state index is 10.0. The van der Waals surface area contributed by atoms with Gasteiger partial charge in [0.25, 0.3) is 0 Å². The monoisotopic (exact) mass is 219 g/mol. The number of aromatic nitrogens is 2. The Morgan fingerprint density at radius 2 is 2.19 bits per heavy atom. The van der Waals surface area contributed by atoms with Gasteiger partial charge in [-0.15, -0.1) is 0 Å². The van der Waals surface area contributed by atoms with E-state index in [1.807, 2.05) is 6.92 Å². The summed E-state index contributed by atoms with van der Waals surface area (Å²) in [5.41, 5.74) is 7.51. The Hall–Kier alpha value is -2.17. The summed E-state index contributed by atoms with van der Waals surface area (Å²) in [5.74, 6) is 1.12. The molecule has 0 aliphatic carbocycles. The zero-order valence-electron chi connectivity index (χ0n) is 9.11. The molecule has 4 N–H and O–H groups in total. The summed E-state index contributed by atoms with van der Waals surface area (Å²) in [6, 6.07) is 5.23. The van der Waals surface area contributed by atoms with Crippen LogP contribution in [0, 0.1) is 6.92 Å². The van der Waals surface area contributed by atoms with Crippen LogP contribution in [0.2, 0.25) is 0 Å². The molecule has 5 heteroatoms. The van der Waals surface area contributed by atoms with Gasteiger partial charge in [-0.2, -0.15) is 5.10 Å². The Morgan fingerprint density at radius 1 is 1.44 bits per heavy atom. The number of methoxy groups -OCH3 is 1. The summed E-state index contributed by atoms with van der Waals surface area (Å²) in [6.45, 7) is 1.82. The number of aromatic hydroxyl groups is 1. The van der Waals surface area contributed by atoms with Crippen molar-refractivity contribution in [1.82, 2.24) is 10.2 Å². The number of H-pyrrole nitrogens is 1. The van der Waals surface area contributed by atoms with E-state index in [1.54, 1.807) is 25.3 Å². The minimum atomic E-state index is 0.169. The van der Waals surface area contributed by atoms with Crippen molar-refractivity contribution in [3.63, 3.8) is 0 Å². The van der Waals surface area contributed by atoms with Crippen LogP contribution in [0.1, 0.15) is 5.56 Å². The van der Waals surface area contributed by atoms with Crippen LogP contribution in [-0.2, 0) is 0 Å². The summed E-state index contributed by atoms with van der Waals surface area (Å²) in [5, 5.41) is 16.6. The Labute approximate surface area is 92.9 Å². The standard InChI is InChI=1S/C11H13N3O2/c1-6-3-4-8(16-2)10(11(6)15)7-5-9(12)14-13-7/h3-5,15H,1-2H3,(H3,12,13,14). The number of nitrogens with two attached hydrogens (primary N) is 1. The van der Waals surface area contributed by atoms with Gasteiger partial charge < -0.3 is 15.6 Å². The molecule has 0 saturated carbocycles. The van der Waals surface area contributed by atoms with E-state index in [4.69, 9.17) is 10.5 Å². The van der Waals surface area contributed by atoms with Crippen LogP contribution in [-0.4, -0.2) is 22.4 Å². The van der Waals surface area contributed by atoms with Crippen molar-refractivity contribution in [2.45, 2.75) is 6.92 Å². The van der Waals surface area contributed by atoms with Crippen molar-refractivity contribution in [1.29, 1.82) is 0 Å². The molecule has 0 aliphatic rings. The molecule has 2 aromatic rings. The Kier molecular flexibility index (Phi) is 2.44. The number of phenols is 1. The van der Waals surface area contributed by atoms with Crippen molar-refractivity contribution < 1.29 is 9.84 Å². The van der Waals surface area contributed by atoms with Crippen LogP contribution in [0.5, 0.6) is 11.5 Å². The lowest BCUT2D eigenvalue weighted by atomic mass is 10.1. The SMILES string of the molecule is COc1ccc(C)c(O)c1-c1cc(N)n[nH]1. The average molecular weight is 219 g/mol. The largest absolute Gasteiger partial charge is 0.507 e. The number of rotatable bonds is 2. The highest BCUT2D eigenvalue weighted by Gasteiger charge is 2.15. The Balaban J connectivity index is 2.66. The van der Waals surface area contributed by atoms with Gasteiger partial charge in [0.05, 0.1) is 18.4 Å². The number of hydrogen-bond donors (Lipinski definition) is 3. The lowest BCUT2D eigenvalue weighted by Crippen LogP contribution is -1.90. The summed E-state index contributed by atoms with van der Waals surface area (Å²) < 4.78 is 5.20. The summed E-state index contributed by atoms with van der Waals surface area (Å²) >= 11 is 0. The molecule has 84 valence electrons. The van der Waals surface area contributed by atoms with Crippen LogP contribution in [0.25, 0.3) is 11.3 Å². The van der Waals surface area contributed by atoms with Crippen molar-refractivity contribution in [3.8, 4) is 22.8 Å². The number of phenolic OH excluding ortho intramolecular Hbond substituents is 1. The molecule has 5 nitrogen and oxygen atoms in total. The molecule has 1 aromatic carbocycles. The van der Waals surface area contributed by atoms with E-state index >= 15 is 0 Å². The minimum Gasteiger partial charge on any atom is -0.507 e. The Bertz CT molecular complexity index is 520. The molecule has 0 radical (unpaired) electrons. The normalized spacial score (nSPS) is 10.4. The first kappa shape index (κ1) is 10.4. The zero-order chi connectivity index (χ0) is 11.7. The first-order valence-corrected chi connectivity index (χ1v) is 4.81. The highest BCUT2D eigenvalue weighted by Crippen LogP contribution is 2.39. The number of benzene rings is 1. The quantitative estimate of drug-likeness (QED) is 0.717. The molecule has 0 spiro atoms. The van der Waals surface area contributed by atoms with Crippen molar-refractivity contribution in [3.05, 3.63) is 23.8 Å². The van der Waals surface area contributed by atoms with E-state index < -0.39 is 0 Å². The summed E-state index contributed by atoms with van der Waals surface area (Å²) in [7, 11) is 1.55. The lowest BCUT2D eigenvalue weighted by molar-refractivity contribution is 0.409. The number of hydrogen-bond acceptors (Lipinski definition) is 4. The van der Waals surface area contributed by atoms with Crippen LogP contribution < -0.4 is 10.5 Å². The van der Waals surface area contributed by atoms with Crippen LogP contribution in [0.4, 0.5) is 5.82 Å². The number of ether oxygens (including phenoxy) is 1. The van der Waals surface area contributed by atoms with E-state index in [1.165, 1.54) is 0 Å². The molecule has 0 unspecified atom stereocenters. The van der Waals surface area contributed by atoms with Crippen LogP contribution in [0.15, 0.2) is 18.2 Å². The molecular formula is C11H13N3O2. The van der Waals surface area contributed by atoms with Crippen molar-refractivity contribution >= 4 is 5.82 Å². The zero-order valence-corrected chi connectivity index (χ0v) is 9.11. The van der Waals surface area contributed by atoms with Gasteiger partial charge in [0, 0.05) is 6.07 Å². The first-order chi connectivity index (χ1) is 7.63. The van der Waals surface area contributed by atoms with Crippen LogP contribution in [0.3, 0.4) is 0 Å². The second kappa shape index (κ2) is 3.77. The molecule has 1 heterocycles. The van der Waals surface area contributed by atoms with Gasteiger partial charge in [-0.3, -0.25) is 5.10 Å². The molecule has 0 fully saturated rings. The van der Waals surface area contributed by atoms with E-state index in [2.05, 4.69) is 10.2 Å². The summed E-state index contributed by atoms with van der Waals surface area (Å²) in [6.07, 6.45) is 0. The number of anilines is 1. The predicted octanol–water partition coefficient (Wildman–Crippen LogP) is 1.68. The van der Waals surface area contributed by atoms with Gasteiger partial charge in [-0.05, 0) is 18.6 Å². The fourth-order valence-electron chi connectivity index (χ4n) is 1.57. The molecular weight excluding hydrogens is 206 g/mol. The van der Waals surface area contributed by atoms with Gasteiger partial charge in [0.1, 0.15) is 17.3 Å². The highest BCUT2D eigenvalue weighted by molar-refractivity contribution is 5.76. The number of nitrogen functional groups attached to an aromatic ring is 1. The molecule has 0 aliphatic heterocycles. The van der Waals surface area contributed by atoms with Gasteiger partial charge in [-0.1, -0.05) is 6.07 Å². The number of aromatic amines is 1. The third-order valence-electron chi connectivity index (χ3n) is 2.43. The fraction of sp³-hybridized carbons (Fsp3) is 0.182. The number of nitrogens with one attached hydrogen (secondary N) is 1. The first-order valence-electron chi connectivity index (χ1n) is 4.81. The van der Waals surface area contributed by atoms with Gasteiger partial charge in [0.15, 0.2) is 0 Å². The molecule has 1 aromatic heterocycles. The lowest BCUT2D eigenvalue weighted by Gasteiger charge is -2.10. The van der Waals surface area contributed by atoms with E-state index in [0.29, 0.717) is 22.8 Å². The fourth-order valence-corrected chi connectivity index (χ4v) is 1.57. The van der Waals surface area contributed by atoms with E-state index in [-0.39, 0.29) is 5.75 Å². The second-order valence-electron chi connectivity index (χ2n) is 3.51. The third-order valence-corrected chi connectivity index (χ3v) is 2.43. The second-order valence-corrected chi connectivity index (χ2v) is 3.51. The van der Waals surface area contributed by atoms with Gasteiger partial charge >= 0.3 is 0 Å². The molecule has 2 rings (SSSR count).